The van der Waals surface area contributed by atoms with Gasteiger partial charge in [0.25, 0.3) is 0 Å². The molecule has 2 unspecified atom stereocenters. The van der Waals surface area contributed by atoms with E-state index >= 15 is 0 Å². The summed E-state index contributed by atoms with van der Waals surface area (Å²) in [6.07, 6.45) is 3.66. The van der Waals surface area contributed by atoms with Crippen LogP contribution >= 0.6 is 11.8 Å². The first kappa shape index (κ1) is 14.7. The maximum absolute atomic E-state index is 11.6. The van der Waals surface area contributed by atoms with Crippen molar-refractivity contribution < 1.29 is 0 Å². The lowest BCUT2D eigenvalue weighted by atomic mass is 9.73. The van der Waals surface area contributed by atoms with Crippen molar-refractivity contribution in [3.8, 4) is 0 Å². The number of nitrogens with zero attached hydrogens (tertiary/aromatic N) is 2. The van der Waals surface area contributed by atoms with Gasteiger partial charge in [0, 0.05) is 17.8 Å². The Kier molecular flexibility index (Phi) is 4.40. The maximum atomic E-state index is 11.6. The molecule has 0 bridgehead atoms. The number of rotatable bonds is 4. The van der Waals surface area contributed by atoms with Crippen molar-refractivity contribution in [1.82, 2.24) is 20.1 Å². The normalized spacial score (nSPS) is 26.5. The van der Waals surface area contributed by atoms with Gasteiger partial charge in [0.05, 0.1) is 0 Å². The monoisotopic (exact) mass is 284 g/mol. The highest BCUT2D eigenvalue weighted by atomic mass is 32.2. The zero-order chi connectivity index (χ0) is 14.0. The summed E-state index contributed by atoms with van der Waals surface area (Å²) in [4.78, 5) is 11.6. The first-order chi connectivity index (χ1) is 8.99. The van der Waals surface area contributed by atoms with Gasteiger partial charge in [-0.15, -0.1) is 5.10 Å². The first-order valence-corrected chi connectivity index (χ1v) is 7.86. The number of H-pyrrole nitrogens is 1. The molecule has 1 aromatic rings. The zero-order valence-electron chi connectivity index (χ0n) is 12.2. The molecule has 1 fully saturated rings. The lowest BCUT2D eigenvalue weighted by Crippen LogP contribution is -2.50. The van der Waals surface area contributed by atoms with Crippen molar-refractivity contribution in [3.63, 3.8) is 0 Å². The molecule has 0 spiro atoms. The summed E-state index contributed by atoms with van der Waals surface area (Å²) in [5, 5.41) is 11.5. The van der Waals surface area contributed by atoms with Gasteiger partial charge in [-0.2, -0.15) is 0 Å². The highest BCUT2D eigenvalue weighted by Crippen LogP contribution is 2.42. The average molecular weight is 284 g/mol. The molecule has 1 aliphatic rings. The highest BCUT2D eigenvalue weighted by Gasteiger charge is 2.39. The Morgan fingerprint density at radius 1 is 1.58 bits per heavy atom. The van der Waals surface area contributed by atoms with Crippen LogP contribution < -0.4 is 11.0 Å². The van der Waals surface area contributed by atoms with Gasteiger partial charge in [0.2, 0.25) is 0 Å². The third-order valence-electron chi connectivity index (χ3n) is 4.13. The summed E-state index contributed by atoms with van der Waals surface area (Å²) in [6.45, 7) is 7.27. The molecule has 1 heterocycles. The quantitative estimate of drug-likeness (QED) is 0.886. The average Bonchev–Trinajstić information content (AvgIpc) is 2.69. The molecule has 5 nitrogen and oxygen atoms in total. The number of nitrogens with one attached hydrogen (secondary N) is 2. The highest BCUT2D eigenvalue weighted by molar-refractivity contribution is 7.99. The van der Waals surface area contributed by atoms with Crippen LogP contribution in [0.25, 0.3) is 0 Å². The summed E-state index contributed by atoms with van der Waals surface area (Å²) in [5.41, 5.74) is 0.180. The van der Waals surface area contributed by atoms with Gasteiger partial charge in [-0.05, 0) is 32.2 Å². The molecular weight excluding hydrogens is 260 g/mol. The second-order valence-corrected chi connectivity index (χ2v) is 7.07. The predicted molar refractivity (Wildman–Crippen MR) is 78.6 cm³/mol. The third-order valence-corrected chi connectivity index (χ3v) is 5.46. The molecule has 108 valence electrons. The SMILES string of the molecule is CCn1c(SC2CCCC(C)(C)C2NC)n[nH]c1=O. The van der Waals surface area contributed by atoms with E-state index < -0.39 is 0 Å². The molecule has 6 heteroatoms. The van der Waals surface area contributed by atoms with E-state index in [2.05, 4.69) is 29.4 Å². The van der Waals surface area contributed by atoms with Gasteiger partial charge in [-0.1, -0.05) is 32.0 Å². The molecule has 1 aromatic heterocycles. The topological polar surface area (TPSA) is 62.7 Å². The van der Waals surface area contributed by atoms with Crippen molar-refractivity contribution in [2.45, 2.75) is 63.0 Å². The summed E-state index contributed by atoms with van der Waals surface area (Å²) in [7, 11) is 2.03. The van der Waals surface area contributed by atoms with Gasteiger partial charge >= 0.3 is 5.69 Å². The van der Waals surface area contributed by atoms with Gasteiger partial charge < -0.3 is 5.32 Å². The van der Waals surface area contributed by atoms with Crippen LogP contribution in [0.3, 0.4) is 0 Å². The van der Waals surface area contributed by atoms with Crippen LogP contribution in [0.5, 0.6) is 0 Å². The Morgan fingerprint density at radius 3 is 2.95 bits per heavy atom. The molecule has 1 saturated carbocycles. The Balaban J connectivity index is 2.19. The second kappa shape index (κ2) is 5.71. The summed E-state index contributed by atoms with van der Waals surface area (Å²) < 4.78 is 1.71. The van der Waals surface area contributed by atoms with Crippen molar-refractivity contribution in [3.05, 3.63) is 10.5 Å². The number of thioether (sulfide) groups is 1. The third kappa shape index (κ3) is 2.89. The molecular formula is C13H24N4OS. The van der Waals surface area contributed by atoms with Crippen LogP contribution in [0, 0.1) is 5.41 Å². The van der Waals surface area contributed by atoms with E-state index in [1.807, 2.05) is 14.0 Å². The molecule has 1 aliphatic carbocycles. The fourth-order valence-corrected chi connectivity index (χ4v) is 4.73. The van der Waals surface area contributed by atoms with Gasteiger partial charge in [0.1, 0.15) is 0 Å². The van der Waals surface area contributed by atoms with E-state index in [4.69, 9.17) is 0 Å². The molecule has 2 atom stereocenters. The smallest absolute Gasteiger partial charge is 0.315 e. The van der Waals surface area contributed by atoms with Gasteiger partial charge in [0.15, 0.2) is 5.16 Å². The number of hydrogen-bond donors (Lipinski definition) is 2. The molecule has 19 heavy (non-hydrogen) atoms. The molecule has 2 N–H and O–H groups in total. The van der Waals surface area contributed by atoms with Crippen LogP contribution in [0.4, 0.5) is 0 Å². The van der Waals surface area contributed by atoms with Crippen LogP contribution in [0.2, 0.25) is 0 Å². The fraction of sp³-hybridized carbons (Fsp3) is 0.846. The Bertz CT molecular complexity index is 479. The predicted octanol–water partition coefficient (Wildman–Crippen LogP) is 1.85. The molecule has 0 radical (unpaired) electrons. The number of aromatic amines is 1. The standard InChI is InChI=1S/C13H24N4OS/c1-5-17-11(18)15-16-12(17)19-9-7-6-8-13(2,3)10(9)14-4/h9-10,14H,5-8H2,1-4H3,(H,15,18). The van der Waals surface area contributed by atoms with E-state index in [1.165, 1.54) is 19.3 Å². The van der Waals surface area contributed by atoms with E-state index in [0.29, 0.717) is 17.8 Å². The van der Waals surface area contributed by atoms with Crippen molar-refractivity contribution in [2.24, 2.45) is 5.41 Å². The molecule has 2 rings (SSSR count). The van der Waals surface area contributed by atoms with Crippen LogP contribution in [0.1, 0.15) is 40.0 Å². The minimum atomic E-state index is -0.110. The molecule has 0 aromatic carbocycles. The van der Waals surface area contributed by atoms with Crippen molar-refractivity contribution in [2.75, 3.05) is 7.05 Å². The van der Waals surface area contributed by atoms with Gasteiger partial charge in [-0.25, -0.2) is 9.89 Å². The zero-order valence-corrected chi connectivity index (χ0v) is 13.0. The van der Waals surface area contributed by atoms with Crippen LogP contribution in [0.15, 0.2) is 9.95 Å². The van der Waals surface area contributed by atoms with Gasteiger partial charge in [-0.3, -0.25) is 4.57 Å². The van der Waals surface area contributed by atoms with E-state index in [-0.39, 0.29) is 11.1 Å². The van der Waals surface area contributed by atoms with Crippen LogP contribution in [-0.4, -0.2) is 33.1 Å². The van der Waals surface area contributed by atoms with E-state index in [9.17, 15) is 4.79 Å². The van der Waals surface area contributed by atoms with Crippen molar-refractivity contribution in [1.29, 1.82) is 0 Å². The maximum Gasteiger partial charge on any atom is 0.343 e. The Morgan fingerprint density at radius 2 is 2.32 bits per heavy atom. The summed E-state index contributed by atoms with van der Waals surface area (Å²) in [6, 6.07) is 0.448. The Hall–Kier alpha value is -0.750. The molecule has 0 saturated heterocycles. The van der Waals surface area contributed by atoms with E-state index in [0.717, 1.165) is 5.16 Å². The molecule has 0 amide bonds. The second-order valence-electron chi connectivity index (χ2n) is 5.86. The lowest BCUT2D eigenvalue weighted by Gasteiger charge is -2.43. The number of hydrogen-bond acceptors (Lipinski definition) is 4. The summed E-state index contributed by atoms with van der Waals surface area (Å²) >= 11 is 1.73. The summed E-state index contributed by atoms with van der Waals surface area (Å²) in [5.74, 6) is 0. The Labute approximate surface area is 118 Å². The first-order valence-electron chi connectivity index (χ1n) is 6.98. The minimum Gasteiger partial charge on any atom is -0.315 e. The fourth-order valence-electron chi connectivity index (χ4n) is 3.10. The van der Waals surface area contributed by atoms with Crippen LogP contribution in [-0.2, 0) is 6.54 Å². The molecule has 0 aliphatic heterocycles. The minimum absolute atomic E-state index is 0.110. The van der Waals surface area contributed by atoms with E-state index in [1.54, 1.807) is 16.3 Å². The number of aromatic nitrogens is 3. The van der Waals surface area contributed by atoms with Crippen molar-refractivity contribution >= 4 is 11.8 Å². The lowest BCUT2D eigenvalue weighted by molar-refractivity contribution is 0.182. The largest absolute Gasteiger partial charge is 0.343 e.